The number of para-hydroxylation sites is 1. The number of carbonyl (C=O) groups excluding carboxylic acids is 2. The fourth-order valence-corrected chi connectivity index (χ4v) is 4.74. The fraction of sp³-hybridized carbons (Fsp3) is 0.207. The largest absolute Gasteiger partial charge is 0.497 e. The maximum Gasteiger partial charge on any atom is 0.337 e. The molecule has 0 saturated heterocycles. The topological polar surface area (TPSA) is 77.8 Å². The van der Waals surface area contributed by atoms with E-state index in [0.717, 1.165) is 34.2 Å². The van der Waals surface area contributed by atoms with Gasteiger partial charge in [-0.3, -0.25) is 9.59 Å². The van der Waals surface area contributed by atoms with Gasteiger partial charge in [0.1, 0.15) is 5.75 Å². The Kier molecular flexibility index (Phi) is 6.29. The van der Waals surface area contributed by atoms with Crippen molar-refractivity contribution in [3.05, 3.63) is 105 Å². The Morgan fingerprint density at radius 2 is 1.67 bits per heavy atom. The van der Waals surface area contributed by atoms with Crippen molar-refractivity contribution in [3.8, 4) is 5.75 Å². The molecule has 0 saturated carbocycles. The maximum atomic E-state index is 13.4. The Morgan fingerprint density at radius 1 is 0.889 bits per heavy atom. The van der Waals surface area contributed by atoms with Crippen LogP contribution in [0.25, 0.3) is 10.9 Å². The van der Waals surface area contributed by atoms with Crippen LogP contribution in [0.3, 0.4) is 0 Å². The average Bonchev–Trinajstić information content (AvgIpc) is 2.91. The van der Waals surface area contributed by atoms with Gasteiger partial charge >= 0.3 is 5.97 Å². The van der Waals surface area contributed by atoms with Gasteiger partial charge < -0.3 is 18.9 Å². The number of aromatic nitrogens is 1. The third-order valence-electron chi connectivity index (χ3n) is 6.64. The number of ether oxygens (including phenoxy) is 2. The van der Waals surface area contributed by atoms with Crippen molar-refractivity contribution in [1.82, 2.24) is 4.57 Å². The highest BCUT2D eigenvalue weighted by atomic mass is 16.5. The van der Waals surface area contributed by atoms with Crippen molar-refractivity contribution >= 4 is 28.5 Å². The molecule has 0 fully saturated rings. The van der Waals surface area contributed by atoms with E-state index in [1.165, 1.54) is 7.11 Å². The molecule has 4 aromatic rings. The molecule has 7 heteroatoms. The number of hydrogen-bond acceptors (Lipinski definition) is 5. The van der Waals surface area contributed by atoms with E-state index in [0.29, 0.717) is 36.3 Å². The number of pyridine rings is 1. The van der Waals surface area contributed by atoms with Crippen LogP contribution in [-0.2, 0) is 29.0 Å². The number of methoxy groups -OCH3 is 2. The summed E-state index contributed by atoms with van der Waals surface area (Å²) in [6.07, 6.45) is 1.17. The molecule has 1 aliphatic heterocycles. The van der Waals surface area contributed by atoms with Crippen molar-refractivity contribution in [2.24, 2.45) is 0 Å². The predicted molar refractivity (Wildman–Crippen MR) is 138 cm³/mol. The van der Waals surface area contributed by atoms with Crippen molar-refractivity contribution in [2.75, 3.05) is 19.1 Å². The summed E-state index contributed by atoms with van der Waals surface area (Å²) in [4.78, 5) is 39.8. The van der Waals surface area contributed by atoms with E-state index < -0.39 is 5.97 Å². The van der Waals surface area contributed by atoms with Gasteiger partial charge in [-0.15, -0.1) is 0 Å². The van der Waals surface area contributed by atoms with E-state index in [9.17, 15) is 14.4 Å². The minimum absolute atomic E-state index is 0.0465. The summed E-state index contributed by atoms with van der Waals surface area (Å²) in [6.45, 7) is 0.623. The van der Waals surface area contributed by atoms with E-state index in [2.05, 4.69) is 0 Å². The molecule has 0 atom stereocenters. The Morgan fingerprint density at radius 3 is 2.42 bits per heavy atom. The van der Waals surface area contributed by atoms with Gasteiger partial charge in [-0.1, -0.05) is 30.3 Å². The summed E-state index contributed by atoms with van der Waals surface area (Å²) >= 11 is 0. The zero-order chi connectivity index (χ0) is 25.2. The van der Waals surface area contributed by atoms with Crippen molar-refractivity contribution < 1.29 is 19.1 Å². The van der Waals surface area contributed by atoms with Gasteiger partial charge in [-0.2, -0.15) is 0 Å². The molecule has 1 aromatic heterocycles. The van der Waals surface area contributed by atoms with Crippen LogP contribution in [0.2, 0.25) is 0 Å². The Labute approximate surface area is 208 Å². The fourth-order valence-electron chi connectivity index (χ4n) is 4.74. The molecule has 0 spiro atoms. The molecule has 182 valence electrons. The van der Waals surface area contributed by atoms with Crippen LogP contribution >= 0.6 is 0 Å². The lowest BCUT2D eigenvalue weighted by Gasteiger charge is -2.30. The molecule has 7 nitrogen and oxygen atoms in total. The SMILES string of the molecule is COC(=O)c1ccc(Cn2c(=O)cc(CN3C(=O)CCc4ccccc43)c3ccc(OC)cc32)cc1. The lowest BCUT2D eigenvalue weighted by Crippen LogP contribution is -2.35. The van der Waals surface area contributed by atoms with Crippen molar-refractivity contribution in [2.45, 2.75) is 25.9 Å². The lowest BCUT2D eigenvalue weighted by molar-refractivity contribution is -0.119. The standard InChI is InChI=1S/C29H26N2O5/c1-35-23-12-13-24-22(18-31-25-6-4-3-5-20(25)11-14-27(31)32)15-28(33)30(26(24)16-23)17-19-7-9-21(10-8-19)29(34)36-2/h3-10,12-13,15-16H,11,14,17-18H2,1-2H3. The molecule has 0 aliphatic carbocycles. The van der Waals surface area contributed by atoms with E-state index in [4.69, 9.17) is 9.47 Å². The van der Waals surface area contributed by atoms with E-state index in [1.54, 1.807) is 34.8 Å². The molecular formula is C29H26N2O5. The number of nitrogens with zero attached hydrogens (tertiary/aromatic N) is 2. The van der Waals surface area contributed by atoms with E-state index in [-0.39, 0.29) is 11.5 Å². The highest BCUT2D eigenvalue weighted by Crippen LogP contribution is 2.31. The number of aryl methyl sites for hydroxylation is 1. The molecule has 5 rings (SSSR count). The summed E-state index contributed by atoms with van der Waals surface area (Å²) in [7, 11) is 2.93. The third kappa shape index (κ3) is 4.35. The molecule has 1 amide bonds. The molecule has 36 heavy (non-hydrogen) atoms. The molecule has 0 radical (unpaired) electrons. The molecule has 2 heterocycles. The van der Waals surface area contributed by atoms with Crippen LogP contribution in [0.1, 0.15) is 33.5 Å². The molecule has 3 aromatic carbocycles. The van der Waals surface area contributed by atoms with Gasteiger partial charge in [0, 0.05) is 29.6 Å². The van der Waals surface area contributed by atoms with Gasteiger partial charge in [0.05, 0.1) is 38.4 Å². The second-order valence-corrected chi connectivity index (χ2v) is 8.77. The second-order valence-electron chi connectivity index (χ2n) is 8.77. The number of hydrogen-bond donors (Lipinski definition) is 0. The van der Waals surface area contributed by atoms with E-state index in [1.807, 2.05) is 54.6 Å². The zero-order valence-corrected chi connectivity index (χ0v) is 20.2. The molecule has 0 unspecified atom stereocenters. The van der Waals surface area contributed by atoms with Crippen LogP contribution in [0.15, 0.2) is 77.6 Å². The Bertz CT molecular complexity index is 1520. The Hall–Kier alpha value is -4.39. The van der Waals surface area contributed by atoms with Crippen LogP contribution in [0, 0.1) is 0 Å². The van der Waals surface area contributed by atoms with Gasteiger partial charge in [0.25, 0.3) is 5.56 Å². The van der Waals surface area contributed by atoms with Crippen LogP contribution in [0.4, 0.5) is 5.69 Å². The summed E-state index contributed by atoms with van der Waals surface area (Å²) < 4.78 is 11.9. The van der Waals surface area contributed by atoms with Gasteiger partial charge in [-0.25, -0.2) is 4.79 Å². The van der Waals surface area contributed by atoms with Gasteiger partial charge in [0.2, 0.25) is 5.91 Å². The first-order valence-corrected chi connectivity index (χ1v) is 11.7. The number of fused-ring (bicyclic) bond motifs is 2. The smallest absolute Gasteiger partial charge is 0.337 e. The molecular weight excluding hydrogens is 456 g/mol. The van der Waals surface area contributed by atoms with Crippen molar-refractivity contribution in [3.63, 3.8) is 0 Å². The quantitative estimate of drug-likeness (QED) is 0.383. The summed E-state index contributed by atoms with van der Waals surface area (Å²) in [6, 6.07) is 22.1. The van der Waals surface area contributed by atoms with Gasteiger partial charge in [0.15, 0.2) is 0 Å². The van der Waals surface area contributed by atoms with E-state index >= 15 is 0 Å². The number of amides is 1. The molecule has 1 aliphatic rings. The number of carbonyl (C=O) groups is 2. The predicted octanol–water partition coefficient (Wildman–Crippen LogP) is 4.32. The number of rotatable bonds is 6. The number of esters is 1. The van der Waals surface area contributed by atoms with Crippen molar-refractivity contribution in [1.29, 1.82) is 0 Å². The normalized spacial score (nSPS) is 12.9. The van der Waals surface area contributed by atoms with Gasteiger partial charge in [-0.05, 0) is 53.4 Å². The highest BCUT2D eigenvalue weighted by Gasteiger charge is 2.25. The number of anilines is 1. The number of benzene rings is 3. The monoisotopic (exact) mass is 482 g/mol. The lowest BCUT2D eigenvalue weighted by atomic mass is 9.99. The Balaban J connectivity index is 1.57. The summed E-state index contributed by atoms with van der Waals surface area (Å²) in [5.41, 5.74) is 4.65. The van der Waals surface area contributed by atoms with Crippen LogP contribution in [-0.4, -0.2) is 30.7 Å². The first kappa shape index (κ1) is 23.4. The molecule has 0 bridgehead atoms. The third-order valence-corrected chi connectivity index (χ3v) is 6.64. The summed E-state index contributed by atoms with van der Waals surface area (Å²) in [5, 5.41) is 0.873. The second kappa shape index (κ2) is 9.70. The maximum absolute atomic E-state index is 13.4. The van der Waals surface area contributed by atoms with Crippen LogP contribution < -0.4 is 15.2 Å². The van der Waals surface area contributed by atoms with Crippen LogP contribution in [0.5, 0.6) is 5.75 Å². The average molecular weight is 483 g/mol. The first-order valence-electron chi connectivity index (χ1n) is 11.7. The highest BCUT2D eigenvalue weighted by molar-refractivity contribution is 5.97. The minimum atomic E-state index is -0.410. The summed E-state index contributed by atoms with van der Waals surface area (Å²) in [5.74, 6) is 0.269. The first-order chi connectivity index (χ1) is 17.5. The molecule has 0 N–H and O–H groups in total. The minimum Gasteiger partial charge on any atom is -0.497 e. The zero-order valence-electron chi connectivity index (χ0n) is 20.2.